The molecule has 0 saturated heterocycles. The average molecular weight is 304 g/mol. The van der Waals surface area contributed by atoms with Gasteiger partial charge in [-0.2, -0.15) is 11.8 Å². The molecule has 2 N–H and O–H groups in total. The molecule has 1 amide bonds. The minimum atomic E-state index is -0.140. The van der Waals surface area contributed by atoms with Crippen molar-refractivity contribution in [1.82, 2.24) is 0 Å². The van der Waals surface area contributed by atoms with Gasteiger partial charge in [0.15, 0.2) is 5.75 Å². The number of nitrogens with one attached hydrogen (secondary N) is 1. The van der Waals surface area contributed by atoms with Gasteiger partial charge in [-0.25, -0.2) is 0 Å². The number of halogens is 1. The van der Waals surface area contributed by atoms with Crippen molar-refractivity contribution in [2.75, 3.05) is 11.6 Å². The van der Waals surface area contributed by atoms with E-state index in [0.29, 0.717) is 10.2 Å². The molecule has 1 aromatic carbocycles. The number of rotatable bonds is 3. The highest BCUT2D eigenvalue weighted by molar-refractivity contribution is 9.10. The summed E-state index contributed by atoms with van der Waals surface area (Å²) < 4.78 is 0.583. The van der Waals surface area contributed by atoms with Gasteiger partial charge >= 0.3 is 0 Å². The fraction of sp³-hybridized carbons (Fsp3) is 0.364. The Kier molecular flexibility index (Phi) is 4.68. The second-order valence-electron chi connectivity index (χ2n) is 3.51. The maximum absolute atomic E-state index is 11.7. The van der Waals surface area contributed by atoms with Crippen LogP contribution in [0.4, 0.5) is 5.69 Å². The van der Waals surface area contributed by atoms with Crippen molar-refractivity contribution in [3.8, 4) is 5.75 Å². The molecule has 0 bridgehead atoms. The van der Waals surface area contributed by atoms with Crippen LogP contribution < -0.4 is 5.32 Å². The smallest absolute Gasteiger partial charge is 0.237 e. The summed E-state index contributed by atoms with van der Waals surface area (Å²) in [6, 6.07) is 3.54. The molecule has 5 heteroatoms. The van der Waals surface area contributed by atoms with Crippen LogP contribution in [0.15, 0.2) is 16.6 Å². The van der Waals surface area contributed by atoms with E-state index in [2.05, 4.69) is 21.2 Å². The fourth-order valence-corrected chi connectivity index (χ4v) is 2.02. The minimum Gasteiger partial charge on any atom is -0.505 e. The number of aromatic hydroxyl groups is 1. The Bertz CT molecular complexity index is 409. The molecule has 0 aliphatic rings. The third kappa shape index (κ3) is 3.15. The molecule has 0 heterocycles. The van der Waals surface area contributed by atoms with Gasteiger partial charge in [0.1, 0.15) is 0 Å². The molecule has 0 fully saturated rings. The van der Waals surface area contributed by atoms with E-state index >= 15 is 0 Å². The summed E-state index contributed by atoms with van der Waals surface area (Å²) in [5.41, 5.74) is 1.41. The summed E-state index contributed by atoms with van der Waals surface area (Å²) in [6.07, 6.45) is 1.87. The lowest BCUT2D eigenvalue weighted by molar-refractivity contribution is -0.115. The van der Waals surface area contributed by atoms with Gasteiger partial charge in [0.25, 0.3) is 0 Å². The first-order valence-corrected chi connectivity index (χ1v) is 6.86. The van der Waals surface area contributed by atoms with E-state index in [1.54, 1.807) is 12.1 Å². The predicted molar refractivity (Wildman–Crippen MR) is 72.2 cm³/mol. The Hall–Kier alpha value is -0.680. The second-order valence-corrected chi connectivity index (χ2v) is 5.54. The van der Waals surface area contributed by atoms with Crippen molar-refractivity contribution in [3.05, 3.63) is 22.2 Å². The number of phenols is 1. The molecule has 0 aliphatic heterocycles. The summed E-state index contributed by atoms with van der Waals surface area (Å²) in [5, 5.41) is 12.3. The molecule has 88 valence electrons. The molecule has 1 rings (SSSR count). The van der Waals surface area contributed by atoms with Crippen molar-refractivity contribution in [1.29, 1.82) is 0 Å². The number of phenolic OH excluding ortho intramolecular Hbond substituents is 1. The van der Waals surface area contributed by atoms with E-state index in [1.807, 2.05) is 20.1 Å². The Morgan fingerprint density at radius 3 is 2.75 bits per heavy atom. The Morgan fingerprint density at radius 1 is 1.56 bits per heavy atom. The van der Waals surface area contributed by atoms with Crippen molar-refractivity contribution in [2.24, 2.45) is 0 Å². The molecule has 0 saturated carbocycles. The van der Waals surface area contributed by atoms with Crippen LogP contribution in [-0.4, -0.2) is 22.5 Å². The largest absolute Gasteiger partial charge is 0.505 e. The lowest BCUT2D eigenvalue weighted by Gasteiger charge is -2.12. The summed E-state index contributed by atoms with van der Waals surface area (Å²) in [6.45, 7) is 3.72. The maximum atomic E-state index is 11.7. The van der Waals surface area contributed by atoms with Crippen LogP contribution in [0.2, 0.25) is 0 Å². The van der Waals surface area contributed by atoms with Gasteiger partial charge in [0.05, 0.1) is 15.4 Å². The lowest BCUT2D eigenvalue weighted by Crippen LogP contribution is -2.22. The highest BCUT2D eigenvalue weighted by Gasteiger charge is 2.14. The molecule has 1 atom stereocenters. The molecule has 1 unspecified atom stereocenters. The van der Waals surface area contributed by atoms with Crippen molar-refractivity contribution in [2.45, 2.75) is 19.1 Å². The normalized spacial score (nSPS) is 12.2. The standard InChI is InChI=1S/C11H14BrNO2S/c1-6-4-8(12)10(14)9(5-6)13-11(15)7(2)16-3/h4-5,7,14H,1-3H3,(H,13,15). The van der Waals surface area contributed by atoms with Gasteiger partial charge in [-0.3, -0.25) is 4.79 Å². The molecule has 3 nitrogen and oxygen atoms in total. The van der Waals surface area contributed by atoms with Crippen LogP contribution in [-0.2, 0) is 4.79 Å². The zero-order chi connectivity index (χ0) is 12.3. The van der Waals surface area contributed by atoms with Gasteiger partial charge in [-0.05, 0) is 53.7 Å². The molecular weight excluding hydrogens is 290 g/mol. The zero-order valence-electron chi connectivity index (χ0n) is 9.37. The van der Waals surface area contributed by atoms with E-state index in [4.69, 9.17) is 0 Å². The van der Waals surface area contributed by atoms with E-state index in [9.17, 15) is 9.90 Å². The van der Waals surface area contributed by atoms with Gasteiger partial charge in [-0.1, -0.05) is 0 Å². The summed E-state index contributed by atoms with van der Waals surface area (Å²) in [7, 11) is 0. The molecule has 16 heavy (non-hydrogen) atoms. The van der Waals surface area contributed by atoms with Crippen LogP contribution in [0, 0.1) is 6.92 Å². The molecule has 0 spiro atoms. The highest BCUT2D eigenvalue weighted by atomic mass is 79.9. The van der Waals surface area contributed by atoms with E-state index in [1.165, 1.54) is 11.8 Å². The molecule has 1 aromatic rings. The van der Waals surface area contributed by atoms with Gasteiger partial charge in [-0.15, -0.1) is 0 Å². The predicted octanol–water partition coefficient (Wildman–Crippen LogP) is 3.15. The van der Waals surface area contributed by atoms with Crippen molar-refractivity contribution < 1.29 is 9.90 Å². The van der Waals surface area contributed by atoms with Crippen LogP contribution in [0.5, 0.6) is 5.75 Å². The third-order valence-electron chi connectivity index (χ3n) is 2.19. The van der Waals surface area contributed by atoms with E-state index in [0.717, 1.165) is 5.56 Å². The summed E-state index contributed by atoms with van der Waals surface area (Å²) >= 11 is 4.70. The first-order chi connectivity index (χ1) is 7.45. The monoisotopic (exact) mass is 303 g/mol. The molecule has 0 aromatic heterocycles. The first kappa shape index (κ1) is 13.4. The van der Waals surface area contributed by atoms with Crippen LogP contribution in [0.1, 0.15) is 12.5 Å². The van der Waals surface area contributed by atoms with Crippen LogP contribution >= 0.6 is 27.7 Å². The number of carbonyl (C=O) groups excluding carboxylic acids is 1. The first-order valence-electron chi connectivity index (χ1n) is 4.78. The Balaban J connectivity index is 2.93. The number of hydrogen-bond acceptors (Lipinski definition) is 3. The third-order valence-corrected chi connectivity index (χ3v) is 3.71. The van der Waals surface area contributed by atoms with Gasteiger partial charge in [0.2, 0.25) is 5.91 Å². The number of benzene rings is 1. The number of amides is 1. The topological polar surface area (TPSA) is 49.3 Å². The molecule has 0 radical (unpaired) electrons. The van der Waals surface area contributed by atoms with Crippen LogP contribution in [0.3, 0.4) is 0 Å². The lowest BCUT2D eigenvalue weighted by atomic mass is 10.2. The minimum absolute atomic E-state index is 0.0623. The highest BCUT2D eigenvalue weighted by Crippen LogP contribution is 2.33. The number of anilines is 1. The Labute approximate surface area is 108 Å². The SMILES string of the molecule is CSC(C)C(=O)Nc1cc(C)cc(Br)c1O. The van der Waals surface area contributed by atoms with Crippen LogP contribution in [0.25, 0.3) is 0 Å². The van der Waals surface area contributed by atoms with Gasteiger partial charge in [0, 0.05) is 0 Å². The van der Waals surface area contributed by atoms with E-state index in [-0.39, 0.29) is 16.9 Å². The number of aryl methyl sites for hydroxylation is 1. The summed E-state index contributed by atoms with van der Waals surface area (Å²) in [4.78, 5) is 11.7. The van der Waals surface area contributed by atoms with Gasteiger partial charge < -0.3 is 10.4 Å². The molecular formula is C11H14BrNO2S. The quantitative estimate of drug-likeness (QED) is 0.843. The number of hydrogen-bond donors (Lipinski definition) is 2. The Morgan fingerprint density at radius 2 is 2.19 bits per heavy atom. The fourth-order valence-electron chi connectivity index (χ4n) is 1.17. The molecule has 0 aliphatic carbocycles. The maximum Gasteiger partial charge on any atom is 0.237 e. The zero-order valence-corrected chi connectivity index (χ0v) is 11.8. The number of carbonyl (C=O) groups is 1. The second kappa shape index (κ2) is 5.59. The van der Waals surface area contributed by atoms with E-state index < -0.39 is 0 Å². The number of thioether (sulfide) groups is 1. The summed E-state index contributed by atoms with van der Waals surface area (Å²) in [5.74, 6) is -0.0486. The average Bonchev–Trinajstić information content (AvgIpc) is 2.23. The van der Waals surface area contributed by atoms with Crippen molar-refractivity contribution >= 4 is 39.3 Å². The van der Waals surface area contributed by atoms with Crippen molar-refractivity contribution in [3.63, 3.8) is 0 Å².